The molecular formula is C15H21NO3. The topological polar surface area (TPSA) is 42.7 Å². The van der Waals surface area contributed by atoms with Crippen molar-refractivity contribution >= 4 is 5.91 Å². The molecule has 1 saturated carbocycles. The van der Waals surface area contributed by atoms with E-state index in [1.165, 1.54) is 11.5 Å². The highest BCUT2D eigenvalue weighted by atomic mass is 16.7. The lowest BCUT2D eigenvalue weighted by atomic mass is 10.2. The molecule has 2 heterocycles. The second-order valence-corrected chi connectivity index (χ2v) is 5.66. The fourth-order valence-corrected chi connectivity index (χ4v) is 2.59. The first kappa shape index (κ1) is 12.7. The number of furan rings is 1. The highest BCUT2D eigenvalue weighted by Gasteiger charge is 2.36. The minimum Gasteiger partial charge on any atom is -0.466 e. The Morgan fingerprint density at radius 2 is 2.26 bits per heavy atom. The minimum atomic E-state index is 0.0671. The van der Waals surface area contributed by atoms with Crippen molar-refractivity contribution in [2.75, 3.05) is 13.2 Å². The van der Waals surface area contributed by atoms with E-state index in [1.807, 2.05) is 6.07 Å². The molecule has 1 aromatic heterocycles. The zero-order valence-electron chi connectivity index (χ0n) is 11.4. The lowest BCUT2D eigenvalue weighted by molar-refractivity contribution is -0.197. The van der Waals surface area contributed by atoms with E-state index in [9.17, 15) is 4.79 Å². The third-order valence-corrected chi connectivity index (χ3v) is 4.02. The molecule has 3 rings (SSSR count). The van der Waals surface area contributed by atoms with Gasteiger partial charge in [-0.05, 0) is 37.3 Å². The summed E-state index contributed by atoms with van der Waals surface area (Å²) in [6.07, 6.45) is 4.45. The first-order chi connectivity index (χ1) is 9.24. The van der Waals surface area contributed by atoms with Gasteiger partial charge in [0.15, 0.2) is 0 Å². The Labute approximate surface area is 113 Å². The van der Waals surface area contributed by atoms with E-state index in [0.29, 0.717) is 25.4 Å². The summed E-state index contributed by atoms with van der Waals surface area (Å²) >= 11 is 0. The predicted molar refractivity (Wildman–Crippen MR) is 70.5 cm³/mol. The number of aryl methyl sites for hydroxylation is 1. The normalized spacial score (nSPS) is 26.5. The van der Waals surface area contributed by atoms with E-state index in [4.69, 9.17) is 9.25 Å². The number of hydrogen-bond acceptors (Lipinski definition) is 3. The Bertz CT molecular complexity index is 448. The van der Waals surface area contributed by atoms with Gasteiger partial charge in [-0.3, -0.25) is 9.63 Å². The van der Waals surface area contributed by atoms with E-state index in [0.717, 1.165) is 36.8 Å². The molecule has 2 fully saturated rings. The number of amides is 1. The Balaban J connectivity index is 1.48. The van der Waals surface area contributed by atoms with Crippen LogP contribution in [0.4, 0.5) is 0 Å². The van der Waals surface area contributed by atoms with Crippen LogP contribution in [0.25, 0.3) is 0 Å². The van der Waals surface area contributed by atoms with Crippen molar-refractivity contribution in [3.63, 3.8) is 0 Å². The number of carbonyl (C=O) groups is 1. The van der Waals surface area contributed by atoms with Crippen LogP contribution in [0.3, 0.4) is 0 Å². The molecule has 19 heavy (non-hydrogen) atoms. The zero-order chi connectivity index (χ0) is 13.2. The number of rotatable bonds is 4. The second kappa shape index (κ2) is 5.37. The smallest absolute Gasteiger partial charge is 0.246 e. The van der Waals surface area contributed by atoms with Gasteiger partial charge in [-0.25, -0.2) is 5.06 Å². The van der Waals surface area contributed by atoms with E-state index >= 15 is 0 Å². The average Bonchev–Trinajstić information content (AvgIpc) is 3.00. The van der Waals surface area contributed by atoms with Gasteiger partial charge in [0.2, 0.25) is 5.91 Å². The van der Waals surface area contributed by atoms with Crippen molar-refractivity contribution in [1.29, 1.82) is 0 Å². The summed E-state index contributed by atoms with van der Waals surface area (Å²) in [7, 11) is 0. The van der Waals surface area contributed by atoms with Crippen LogP contribution in [-0.2, 0) is 16.1 Å². The fraction of sp³-hybridized carbons (Fsp3) is 0.667. The monoisotopic (exact) mass is 263 g/mol. The molecule has 0 N–H and O–H groups in total. The van der Waals surface area contributed by atoms with Crippen molar-refractivity contribution in [2.24, 2.45) is 5.92 Å². The molecule has 2 atom stereocenters. The van der Waals surface area contributed by atoms with E-state index in [1.54, 1.807) is 0 Å². The average molecular weight is 263 g/mol. The Hall–Kier alpha value is -1.29. The van der Waals surface area contributed by atoms with Gasteiger partial charge in [0.05, 0.1) is 6.61 Å². The highest BCUT2D eigenvalue weighted by Crippen LogP contribution is 2.47. The second-order valence-electron chi connectivity index (χ2n) is 5.66. The minimum absolute atomic E-state index is 0.0671. The molecule has 0 spiro atoms. The third kappa shape index (κ3) is 3.00. The molecule has 4 nitrogen and oxygen atoms in total. The zero-order valence-corrected chi connectivity index (χ0v) is 11.4. The molecule has 1 aliphatic heterocycles. The predicted octanol–water partition coefficient (Wildman–Crippen LogP) is 2.89. The van der Waals surface area contributed by atoms with Gasteiger partial charge in [-0.15, -0.1) is 0 Å². The standard InChI is InChI=1S/C15H21NO3/c1-11-10-13(11)14-6-4-12(19-14)5-7-15(17)16-8-2-3-9-18-16/h4,6,11,13H,2-3,5,7-10H2,1H3. The third-order valence-electron chi connectivity index (χ3n) is 4.02. The van der Waals surface area contributed by atoms with Gasteiger partial charge in [-0.1, -0.05) is 6.92 Å². The molecule has 0 aromatic carbocycles. The van der Waals surface area contributed by atoms with Gasteiger partial charge in [-0.2, -0.15) is 0 Å². The summed E-state index contributed by atoms with van der Waals surface area (Å²) in [4.78, 5) is 17.3. The molecule has 1 amide bonds. The summed E-state index contributed by atoms with van der Waals surface area (Å²) in [5.41, 5.74) is 0. The molecule has 1 aliphatic carbocycles. The lowest BCUT2D eigenvalue weighted by Crippen LogP contribution is -2.35. The largest absolute Gasteiger partial charge is 0.466 e. The summed E-state index contributed by atoms with van der Waals surface area (Å²) in [6, 6.07) is 4.07. The molecule has 2 aliphatic rings. The Morgan fingerprint density at radius 1 is 1.42 bits per heavy atom. The lowest BCUT2D eigenvalue weighted by Gasteiger charge is -2.25. The quantitative estimate of drug-likeness (QED) is 0.839. The molecule has 1 saturated heterocycles. The maximum atomic E-state index is 11.9. The Morgan fingerprint density at radius 3 is 2.95 bits per heavy atom. The molecule has 0 bridgehead atoms. The first-order valence-electron chi connectivity index (χ1n) is 7.26. The molecule has 1 aromatic rings. The molecule has 104 valence electrons. The van der Waals surface area contributed by atoms with Gasteiger partial charge < -0.3 is 4.42 Å². The number of carbonyl (C=O) groups excluding carboxylic acids is 1. The number of hydroxylamine groups is 2. The first-order valence-corrected chi connectivity index (χ1v) is 7.26. The van der Waals surface area contributed by atoms with E-state index in [-0.39, 0.29) is 5.91 Å². The van der Waals surface area contributed by atoms with Crippen LogP contribution in [0.2, 0.25) is 0 Å². The van der Waals surface area contributed by atoms with Crippen LogP contribution in [0.1, 0.15) is 50.0 Å². The van der Waals surface area contributed by atoms with Gasteiger partial charge in [0, 0.05) is 25.3 Å². The Kier molecular flexibility index (Phi) is 3.60. The van der Waals surface area contributed by atoms with Crippen LogP contribution < -0.4 is 0 Å². The van der Waals surface area contributed by atoms with Crippen LogP contribution >= 0.6 is 0 Å². The summed E-state index contributed by atoms with van der Waals surface area (Å²) in [5.74, 6) is 3.43. The molecule has 4 heteroatoms. The van der Waals surface area contributed by atoms with E-state index in [2.05, 4.69) is 13.0 Å². The van der Waals surface area contributed by atoms with Crippen molar-refractivity contribution in [1.82, 2.24) is 5.06 Å². The maximum absolute atomic E-state index is 11.9. The van der Waals surface area contributed by atoms with Crippen LogP contribution in [0, 0.1) is 5.92 Å². The maximum Gasteiger partial charge on any atom is 0.246 e. The number of hydrogen-bond donors (Lipinski definition) is 0. The molecule has 2 unspecified atom stereocenters. The molecular weight excluding hydrogens is 242 g/mol. The van der Waals surface area contributed by atoms with Crippen LogP contribution in [0.5, 0.6) is 0 Å². The van der Waals surface area contributed by atoms with Gasteiger partial charge >= 0.3 is 0 Å². The van der Waals surface area contributed by atoms with Crippen molar-refractivity contribution in [3.05, 3.63) is 23.7 Å². The van der Waals surface area contributed by atoms with Crippen molar-refractivity contribution < 1.29 is 14.0 Å². The summed E-state index contributed by atoms with van der Waals surface area (Å²) in [6.45, 7) is 3.63. The van der Waals surface area contributed by atoms with Crippen LogP contribution in [-0.4, -0.2) is 24.1 Å². The van der Waals surface area contributed by atoms with Crippen LogP contribution in [0.15, 0.2) is 16.5 Å². The van der Waals surface area contributed by atoms with Gasteiger partial charge in [0.1, 0.15) is 11.5 Å². The number of nitrogens with zero attached hydrogens (tertiary/aromatic N) is 1. The van der Waals surface area contributed by atoms with Gasteiger partial charge in [0.25, 0.3) is 0 Å². The fourth-order valence-electron chi connectivity index (χ4n) is 2.59. The summed E-state index contributed by atoms with van der Waals surface area (Å²) in [5, 5.41) is 1.51. The van der Waals surface area contributed by atoms with Crippen molar-refractivity contribution in [3.8, 4) is 0 Å². The van der Waals surface area contributed by atoms with E-state index < -0.39 is 0 Å². The highest BCUT2D eigenvalue weighted by molar-refractivity contribution is 5.75. The molecule has 0 radical (unpaired) electrons. The van der Waals surface area contributed by atoms with Crippen molar-refractivity contribution in [2.45, 2.75) is 44.9 Å². The SMILES string of the molecule is CC1CC1c1ccc(CCC(=O)N2CCCCO2)o1. The summed E-state index contributed by atoms with van der Waals surface area (Å²) < 4.78 is 5.80.